The summed E-state index contributed by atoms with van der Waals surface area (Å²) in [6.07, 6.45) is 5.78. The summed E-state index contributed by atoms with van der Waals surface area (Å²) in [6.45, 7) is 2.59. The number of terminal acetylenes is 1. The predicted octanol–water partition coefficient (Wildman–Crippen LogP) is 2.51. The molecule has 0 radical (unpaired) electrons. The number of halogens is 1. The third kappa shape index (κ3) is 3.25. The molecular weight excluding hydrogens is 205 g/mol. The van der Waals surface area contributed by atoms with Crippen molar-refractivity contribution in [2.45, 2.75) is 19.4 Å². The SMILES string of the molecule is C#CCCNC(C)c1ccc(OC)cc1F. The molecule has 1 rings (SSSR count). The molecule has 0 spiro atoms. The second-order valence-electron chi connectivity index (χ2n) is 3.52. The molecule has 16 heavy (non-hydrogen) atoms. The van der Waals surface area contributed by atoms with Gasteiger partial charge in [-0.1, -0.05) is 6.07 Å². The zero-order valence-electron chi connectivity index (χ0n) is 9.59. The second kappa shape index (κ2) is 6.14. The van der Waals surface area contributed by atoms with Gasteiger partial charge in [-0.3, -0.25) is 0 Å². The van der Waals surface area contributed by atoms with Crippen molar-refractivity contribution in [1.29, 1.82) is 0 Å². The third-order valence-electron chi connectivity index (χ3n) is 2.39. The molecule has 0 amide bonds. The van der Waals surface area contributed by atoms with E-state index in [1.807, 2.05) is 6.92 Å². The first-order valence-electron chi connectivity index (χ1n) is 5.19. The van der Waals surface area contributed by atoms with Gasteiger partial charge in [-0.05, 0) is 13.0 Å². The van der Waals surface area contributed by atoms with E-state index >= 15 is 0 Å². The van der Waals surface area contributed by atoms with E-state index in [9.17, 15) is 4.39 Å². The van der Waals surface area contributed by atoms with Crippen LogP contribution in [0.25, 0.3) is 0 Å². The van der Waals surface area contributed by atoms with Crippen LogP contribution in [0.2, 0.25) is 0 Å². The lowest BCUT2D eigenvalue weighted by molar-refractivity contribution is 0.409. The van der Waals surface area contributed by atoms with E-state index in [0.29, 0.717) is 24.3 Å². The van der Waals surface area contributed by atoms with Crippen LogP contribution >= 0.6 is 0 Å². The zero-order chi connectivity index (χ0) is 12.0. The lowest BCUT2D eigenvalue weighted by Gasteiger charge is -2.14. The smallest absolute Gasteiger partial charge is 0.131 e. The molecule has 0 heterocycles. The summed E-state index contributed by atoms with van der Waals surface area (Å²) in [7, 11) is 1.52. The van der Waals surface area contributed by atoms with Gasteiger partial charge < -0.3 is 10.1 Å². The summed E-state index contributed by atoms with van der Waals surface area (Å²) < 4.78 is 18.6. The number of hydrogen-bond donors (Lipinski definition) is 1. The Morgan fingerprint density at radius 1 is 1.56 bits per heavy atom. The van der Waals surface area contributed by atoms with Crippen molar-refractivity contribution in [2.24, 2.45) is 0 Å². The maximum atomic E-state index is 13.6. The average Bonchev–Trinajstić information content (AvgIpc) is 2.29. The Bertz CT molecular complexity index is 384. The molecule has 86 valence electrons. The highest BCUT2D eigenvalue weighted by molar-refractivity contribution is 5.30. The largest absolute Gasteiger partial charge is 0.497 e. The highest BCUT2D eigenvalue weighted by Gasteiger charge is 2.10. The first kappa shape index (κ1) is 12.5. The lowest BCUT2D eigenvalue weighted by Crippen LogP contribution is -2.20. The maximum absolute atomic E-state index is 13.6. The van der Waals surface area contributed by atoms with Crippen molar-refractivity contribution in [3.63, 3.8) is 0 Å². The molecular formula is C13H16FNO. The highest BCUT2D eigenvalue weighted by atomic mass is 19.1. The van der Waals surface area contributed by atoms with Crippen molar-refractivity contribution in [1.82, 2.24) is 5.32 Å². The molecule has 0 aliphatic rings. The van der Waals surface area contributed by atoms with Crippen LogP contribution in [-0.2, 0) is 0 Å². The minimum absolute atomic E-state index is 0.0562. The van der Waals surface area contributed by atoms with Crippen molar-refractivity contribution in [3.8, 4) is 18.1 Å². The molecule has 0 aliphatic heterocycles. The summed E-state index contributed by atoms with van der Waals surface area (Å²) in [5.41, 5.74) is 0.623. The van der Waals surface area contributed by atoms with Crippen LogP contribution in [-0.4, -0.2) is 13.7 Å². The Morgan fingerprint density at radius 3 is 2.88 bits per heavy atom. The molecule has 0 saturated carbocycles. The fourth-order valence-electron chi connectivity index (χ4n) is 1.46. The van der Waals surface area contributed by atoms with Crippen LogP contribution in [0.15, 0.2) is 18.2 Å². The Kier molecular flexibility index (Phi) is 4.81. The molecule has 1 aromatic rings. The Hall–Kier alpha value is -1.53. The van der Waals surface area contributed by atoms with Gasteiger partial charge >= 0.3 is 0 Å². The Balaban J connectivity index is 2.68. The van der Waals surface area contributed by atoms with Gasteiger partial charge in [-0.15, -0.1) is 12.3 Å². The molecule has 0 saturated heterocycles. The van der Waals surface area contributed by atoms with E-state index < -0.39 is 0 Å². The summed E-state index contributed by atoms with van der Waals surface area (Å²) in [5, 5.41) is 3.15. The summed E-state index contributed by atoms with van der Waals surface area (Å²) in [4.78, 5) is 0. The molecule has 0 aliphatic carbocycles. The number of nitrogens with one attached hydrogen (secondary N) is 1. The van der Waals surface area contributed by atoms with Crippen LogP contribution in [0, 0.1) is 18.2 Å². The number of rotatable bonds is 5. The monoisotopic (exact) mass is 221 g/mol. The predicted molar refractivity (Wildman–Crippen MR) is 62.8 cm³/mol. The van der Waals surface area contributed by atoms with E-state index in [-0.39, 0.29) is 11.9 Å². The normalized spacial score (nSPS) is 11.9. The Morgan fingerprint density at radius 2 is 2.31 bits per heavy atom. The minimum atomic E-state index is -0.264. The molecule has 1 N–H and O–H groups in total. The van der Waals surface area contributed by atoms with Crippen LogP contribution in [0.1, 0.15) is 24.9 Å². The van der Waals surface area contributed by atoms with E-state index in [1.54, 1.807) is 12.1 Å². The van der Waals surface area contributed by atoms with Gasteiger partial charge in [0.15, 0.2) is 0 Å². The van der Waals surface area contributed by atoms with E-state index in [2.05, 4.69) is 11.2 Å². The molecule has 0 fully saturated rings. The summed E-state index contributed by atoms with van der Waals surface area (Å²) in [6, 6.07) is 4.80. The number of methoxy groups -OCH3 is 1. The van der Waals surface area contributed by atoms with E-state index in [0.717, 1.165) is 0 Å². The van der Waals surface area contributed by atoms with Gasteiger partial charge in [0.1, 0.15) is 11.6 Å². The van der Waals surface area contributed by atoms with Gasteiger partial charge in [0.05, 0.1) is 7.11 Å². The fourth-order valence-corrected chi connectivity index (χ4v) is 1.46. The van der Waals surface area contributed by atoms with Gasteiger partial charge in [0.25, 0.3) is 0 Å². The molecule has 0 bridgehead atoms. The van der Waals surface area contributed by atoms with E-state index in [1.165, 1.54) is 13.2 Å². The third-order valence-corrected chi connectivity index (χ3v) is 2.39. The van der Waals surface area contributed by atoms with Gasteiger partial charge in [0, 0.05) is 30.6 Å². The number of hydrogen-bond acceptors (Lipinski definition) is 2. The van der Waals surface area contributed by atoms with Gasteiger partial charge in [-0.2, -0.15) is 0 Å². The first-order chi connectivity index (χ1) is 7.69. The fraction of sp³-hybridized carbons (Fsp3) is 0.385. The van der Waals surface area contributed by atoms with Crippen molar-refractivity contribution < 1.29 is 9.13 Å². The standard InChI is InChI=1S/C13H16FNO/c1-4-5-8-15-10(2)12-7-6-11(16-3)9-13(12)14/h1,6-7,9-10,15H,5,8H2,2-3H3. The van der Waals surface area contributed by atoms with E-state index in [4.69, 9.17) is 11.2 Å². The maximum Gasteiger partial charge on any atom is 0.131 e. The van der Waals surface area contributed by atoms with Gasteiger partial charge in [0.2, 0.25) is 0 Å². The van der Waals surface area contributed by atoms with Crippen molar-refractivity contribution in [2.75, 3.05) is 13.7 Å². The molecule has 0 aromatic heterocycles. The van der Waals surface area contributed by atoms with Crippen LogP contribution in [0.3, 0.4) is 0 Å². The van der Waals surface area contributed by atoms with Crippen LogP contribution < -0.4 is 10.1 Å². The second-order valence-corrected chi connectivity index (χ2v) is 3.52. The zero-order valence-corrected chi connectivity index (χ0v) is 9.59. The summed E-state index contributed by atoms with van der Waals surface area (Å²) >= 11 is 0. The first-order valence-corrected chi connectivity index (χ1v) is 5.19. The minimum Gasteiger partial charge on any atom is -0.497 e. The van der Waals surface area contributed by atoms with Crippen LogP contribution in [0.5, 0.6) is 5.75 Å². The number of benzene rings is 1. The Labute approximate surface area is 95.8 Å². The quantitative estimate of drug-likeness (QED) is 0.609. The van der Waals surface area contributed by atoms with Crippen molar-refractivity contribution in [3.05, 3.63) is 29.6 Å². The highest BCUT2D eigenvalue weighted by Crippen LogP contribution is 2.21. The molecule has 2 nitrogen and oxygen atoms in total. The molecule has 3 heteroatoms. The molecule has 1 atom stereocenters. The molecule has 1 unspecified atom stereocenters. The summed E-state index contributed by atoms with van der Waals surface area (Å²) in [5.74, 6) is 2.79. The molecule has 1 aromatic carbocycles. The number of ether oxygens (including phenoxy) is 1. The van der Waals surface area contributed by atoms with Crippen molar-refractivity contribution >= 4 is 0 Å². The topological polar surface area (TPSA) is 21.3 Å². The van der Waals surface area contributed by atoms with Gasteiger partial charge in [-0.25, -0.2) is 4.39 Å². The van der Waals surface area contributed by atoms with Crippen LogP contribution in [0.4, 0.5) is 4.39 Å². The lowest BCUT2D eigenvalue weighted by atomic mass is 10.1. The average molecular weight is 221 g/mol.